The second kappa shape index (κ2) is 8.57. The van der Waals surface area contributed by atoms with E-state index in [0.29, 0.717) is 6.54 Å². The Morgan fingerprint density at radius 3 is 2.75 bits per heavy atom. The highest BCUT2D eigenvalue weighted by Crippen LogP contribution is 2.28. The number of amides is 2. The van der Waals surface area contributed by atoms with Gasteiger partial charge in [0.05, 0.1) is 23.3 Å². The van der Waals surface area contributed by atoms with Crippen LogP contribution in [0.3, 0.4) is 0 Å². The third-order valence-electron chi connectivity index (χ3n) is 5.04. The second-order valence-electron chi connectivity index (χ2n) is 8.70. The number of rotatable bonds is 5. The Labute approximate surface area is 170 Å². The van der Waals surface area contributed by atoms with Gasteiger partial charge in [-0.1, -0.05) is 12.1 Å². The summed E-state index contributed by atoms with van der Waals surface area (Å²) in [6, 6.07) is 8.46. The average Bonchev–Trinajstić information content (AvgIpc) is 3.04. The van der Waals surface area contributed by atoms with Gasteiger partial charge in [0.1, 0.15) is 6.04 Å². The number of carbonyl (C=O) groups is 2. The van der Waals surface area contributed by atoms with E-state index in [1.54, 1.807) is 18.4 Å². The molecule has 2 heterocycles. The van der Waals surface area contributed by atoms with Crippen molar-refractivity contribution in [2.24, 2.45) is 0 Å². The van der Waals surface area contributed by atoms with Crippen LogP contribution < -0.4 is 10.2 Å². The molecular formula is C21H31N4O2S+. The summed E-state index contributed by atoms with van der Waals surface area (Å²) in [5.41, 5.74) is 0.742. The first-order valence-corrected chi connectivity index (χ1v) is 10.8. The van der Waals surface area contributed by atoms with Crippen LogP contribution in [0.4, 0.5) is 0 Å². The molecule has 7 heteroatoms. The normalized spacial score (nSPS) is 20.1. The van der Waals surface area contributed by atoms with Crippen LogP contribution in [-0.4, -0.2) is 53.9 Å². The maximum atomic E-state index is 12.8. The zero-order chi connectivity index (χ0) is 20.3. The molecule has 0 spiro atoms. The minimum absolute atomic E-state index is 0.00655. The van der Waals surface area contributed by atoms with Crippen LogP contribution in [0.25, 0.3) is 10.2 Å². The van der Waals surface area contributed by atoms with Crippen LogP contribution >= 0.6 is 11.3 Å². The molecule has 1 aliphatic rings. The lowest BCUT2D eigenvalue weighted by Crippen LogP contribution is -3.14. The molecule has 1 unspecified atom stereocenters. The lowest BCUT2D eigenvalue weighted by molar-refractivity contribution is -0.929. The number of nitrogens with zero attached hydrogens (tertiary/aromatic N) is 2. The van der Waals surface area contributed by atoms with Crippen molar-refractivity contribution in [2.75, 3.05) is 26.7 Å². The molecule has 152 valence electrons. The smallest absolute Gasteiger partial charge is 0.277 e. The average molecular weight is 404 g/mol. The number of nitrogens with one attached hydrogen (secondary N) is 2. The zero-order valence-corrected chi connectivity index (χ0v) is 18.1. The molecule has 0 saturated carbocycles. The first kappa shape index (κ1) is 20.7. The molecule has 1 aliphatic heterocycles. The first-order valence-electron chi connectivity index (χ1n) is 9.98. The summed E-state index contributed by atoms with van der Waals surface area (Å²) in [7, 11) is 1.71. The summed E-state index contributed by atoms with van der Waals surface area (Å²) in [4.78, 5) is 32.5. The number of benzene rings is 1. The molecule has 2 atom stereocenters. The third kappa shape index (κ3) is 5.29. The predicted molar refractivity (Wildman–Crippen MR) is 112 cm³/mol. The highest BCUT2D eigenvalue weighted by Gasteiger charge is 2.33. The number of piperidine rings is 1. The topological polar surface area (TPSA) is 66.7 Å². The van der Waals surface area contributed by atoms with E-state index >= 15 is 0 Å². The molecule has 0 aliphatic carbocycles. The van der Waals surface area contributed by atoms with E-state index in [1.165, 1.54) is 20.9 Å². The summed E-state index contributed by atoms with van der Waals surface area (Å²) < 4.78 is 1.20. The Morgan fingerprint density at radius 2 is 2.04 bits per heavy atom. The van der Waals surface area contributed by atoms with E-state index in [0.717, 1.165) is 29.9 Å². The maximum Gasteiger partial charge on any atom is 0.277 e. The van der Waals surface area contributed by atoms with E-state index in [2.05, 4.69) is 11.4 Å². The van der Waals surface area contributed by atoms with E-state index < -0.39 is 0 Å². The van der Waals surface area contributed by atoms with Gasteiger partial charge in [0, 0.05) is 19.0 Å². The van der Waals surface area contributed by atoms with Gasteiger partial charge in [0.15, 0.2) is 11.6 Å². The predicted octanol–water partition coefficient (Wildman–Crippen LogP) is 1.78. The number of carbonyl (C=O) groups excluding carboxylic acids is 2. The molecule has 28 heavy (non-hydrogen) atoms. The Bertz CT molecular complexity index is 809. The molecule has 2 amide bonds. The van der Waals surface area contributed by atoms with Gasteiger partial charge < -0.3 is 15.1 Å². The van der Waals surface area contributed by atoms with Crippen LogP contribution in [0.2, 0.25) is 0 Å². The second-order valence-corrected chi connectivity index (χ2v) is 9.76. The van der Waals surface area contributed by atoms with Crippen molar-refractivity contribution in [3.05, 3.63) is 29.3 Å². The highest BCUT2D eigenvalue weighted by molar-refractivity contribution is 7.18. The monoisotopic (exact) mass is 403 g/mol. The molecule has 2 N–H and O–H groups in total. The molecule has 2 aromatic rings. The van der Waals surface area contributed by atoms with E-state index in [1.807, 2.05) is 39.0 Å². The Balaban J connectivity index is 1.65. The zero-order valence-electron chi connectivity index (χ0n) is 17.2. The highest BCUT2D eigenvalue weighted by atomic mass is 32.1. The summed E-state index contributed by atoms with van der Waals surface area (Å²) in [6.45, 7) is 7.27. The van der Waals surface area contributed by atoms with Gasteiger partial charge in [0.2, 0.25) is 5.91 Å². The number of aromatic nitrogens is 1. The molecule has 6 nitrogen and oxygen atoms in total. The van der Waals surface area contributed by atoms with E-state index in [9.17, 15) is 9.59 Å². The van der Waals surface area contributed by atoms with Crippen molar-refractivity contribution < 1.29 is 14.5 Å². The number of likely N-dealkylation sites (tertiary alicyclic amines) is 1. The molecular weight excluding hydrogens is 372 g/mol. The standard InChI is InChI=1S/C21H30N4O2S/c1-21(2,3)23-18(26)13-24(4)19(27)14-25-12-8-7-10-16(25)20-22-15-9-5-6-11-17(15)28-20/h5-6,9,11,16H,7-8,10,12-14H2,1-4H3,(H,23,26)/p+1/t16-/m0/s1. The molecule has 0 bridgehead atoms. The maximum absolute atomic E-state index is 12.8. The minimum atomic E-state index is -0.295. The van der Waals surface area contributed by atoms with E-state index in [-0.39, 0.29) is 29.9 Å². The number of hydrogen-bond acceptors (Lipinski definition) is 4. The van der Waals surface area contributed by atoms with Crippen molar-refractivity contribution in [1.82, 2.24) is 15.2 Å². The van der Waals surface area contributed by atoms with Gasteiger partial charge in [0.25, 0.3) is 5.91 Å². The Kier molecular flexibility index (Phi) is 6.35. The van der Waals surface area contributed by atoms with Crippen molar-refractivity contribution in [2.45, 2.75) is 51.6 Å². The fourth-order valence-electron chi connectivity index (χ4n) is 3.72. The lowest BCUT2D eigenvalue weighted by Gasteiger charge is -2.32. The number of thiazole rings is 1. The fraction of sp³-hybridized carbons (Fsp3) is 0.571. The van der Waals surface area contributed by atoms with Gasteiger partial charge in [-0.15, -0.1) is 11.3 Å². The molecule has 1 aromatic carbocycles. The van der Waals surface area contributed by atoms with Gasteiger partial charge >= 0.3 is 0 Å². The lowest BCUT2D eigenvalue weighted by atomic mass is 10.0. The SMILES string of the molecule is CN(CC(=O)NC(C)(C)C)C(=O)C[NH+]1CCCC[C@H]1c1nc2ccccc2s1. The molecule has 3 rings (SSSR count). The number of quaternary nitrogens is 1. The number of hydrogen-bond donors (Lipinski definition) is 2. The van der Waals surface area contributed by atoms with Gasteiger partial charge in [-0.05, 0) is 45.7 Å². The Hall–Kier alpha value is -1.99. The fourth-order valence-corrected chi connectivity index (χ4v) is 4.88. The largest absolute Gasteiger partial charge is 0.350 e. The minimum Gasteiger partial charge on any atom is -0.350 e. The number of fused-ring (bicyclic) bond motifs is 1. The van der Waals surface area contributed by atoms with Crippen molar-refractivity contribution in [1.29, 1.82) is 0 Å². The summed E-state index contributed by atoms with van der Waals surface area (Å²) >= 11 is 1.74. The summed E-state index contributed by atoms with van der Waals surface area (Å²) in [5.74, 6) is -0.119. The summed E-state index contributed by atoms with van der Waals surface area (Å²) in [5, 5.41) is 4.03. The van der Waals surface area contributed by atoms with E-state index in [4.69, 9.17) is 4.98 Å². The van der Waals surface area contributed by atoms with Crippen molar-refractivity contribution in [3.8, 4) is 0 Å². The van der Waals surface area contributed by atoms with Gasteiger partial charge in [-0.25, -0.2) is 4.98 Å². The van der Waals surface area contributed by atoms with Crippen LogP contribution in [0, 0.1) is 0 Å². The molecule has 0 radical (unpaired) electrons. The van der Waals surface area contributed by atoms with Crippen molar-refractivity contribution >= 4 is 33.4 Å². The van der Waals surface area contributed by atoms with Crippen LogP contribution in [0.15, 0.2) is 24.3 Å². The molecule has 1 aromatic heterocycles. The van der Waals surface area contributed by atoms with Crippen molar-refractivity contribution in [3.63, 3.8) is 0 Å². The van der Waals surface area contributed by atoms with Crippen LogP contribution in [-0.2, 0) is 9.59 Å². The summed E-state index contributed by atoms with van der Waals surface area (Å²) in [6.07, 6.45) is 3.34. The van der Waals surface area contributed by atoms with Crippen LogP contribution in [0.5, 0.6) is 0 Å². The molecule has 1 fully saturated rings. The Morgan fingerprint density at radius 1 is 1.29 bits per heavy atom. The quantitative estimate of drug-likeness (QED) is 0.800. The number of para-hydroxylation sites is 1. The first-order chi connectivity index (χ1) is 13.2. The molecule has 1 saturated heterocycles. The third-order valence-corrected chi connectivity index (χ3v) is 6.19. The van der Waals surface area contributed by atoms with Crippen LogP contribution in [0.1, 0.15) is 51.1 Å². The van der Waals surface area contributed by atoms with Gasteiger partial charge in [-0.3, -0.25) is 9.59 Å². The van der Waals surface area contributed by atoms with Gasteiger partial charge in [-0.2, -0.15) is 0 Å². The number of likely N-dealkylation sites (N-methyl/N-ethyl adjacent to an activating group) is 1.